The lowest BCUT2D eigenvalue weighted by atomic mass is 9.89. The van der Waals surface area contributed by atoms with Gasteiger partial charge in [0.25, 0.3) is 0 Å². The third kappa shape index (κ3) is 14.0. The number of fused-ring (bicyclic) bond motifs is 15. The van der Waals surface area contributed by atoms with Gasteiger partial charge in [-0.15, -0.1) is 0 Å². The summed E-state index contributed by atoms with van der Waals surface area (Å²) in [6.45, 7) is 1.26. The molecule has 0 aliphatic carbocycles. The number of primary amides is 1. The fourth-order valence-electron chi connectivity index (χ4n) is 10.8. The molecule has 6 aliphatic heterocycles. The van der Waals surface area contributed by atoms with E-state index in [-0.39, 0.29) is 72.8 Å². The van der Waals surface area contributed by atoms with Crippen molar-refractivity contribution in [2.45, 2.75) is 112 Å². The topological polar surface area (TPSA) is 452 Å². The van der Waals surface area contributed by atoms with Gasteiger partial charge in [0, 0.05) is 23.7 Å². The van der Waals surface area contributed by atoms with Gasteiger partial charge in [-0.3, -0.25) is 34.1 Å². The second-order valence-electron chi connectivity index (χ2n) is 22.2. The van der Waals surface area contributed by atoms with Gasteiger partial charge in [-0.1, -0.05) is 55.2 Å². The normalized spacial score (nSPS) is 26.7. The molecule has 2 unspecified atom stereocenters. The van der Waals surface area contributed by atoms with Gasteiger partial charge in [0.1, 0.15) is 89.5 Å². The van der Waals surface area contributed by atoms with Crippen LogP contribution in [0.5, 0.6) is 46.0 Å². The Morgan fingerprint density at radius 2 is 1.31 bits per heavy atom. The number of aliphatic hydroxyl groups excluding tert-OH is 7. The zero-order valence-electron chi connectivity index (χ0n) is 47.6. The number of ether oxygens (including phenoxy) is 4. The zero-order valence-corrected chi connectivity index (χ0v) is 49.1. The van der Waals surface area contributed by atoms with Gasteiger partial charge in [-0.05, 0) is 102 Å². The number of hydrogen-bond donors (Lipinski definition) is 18. The third-order valence-electron chi connectivity index (χ3n) is 15.5. The zero-order chi connectivity index (χ0) is 64.4. The number of hydrogen-bond acceptors (Lipinski definition) is 22. The van der Waals surface area contributed by atoms with E-state index in [0.29, 0.717) is 0 Å². The molecule has 0 aromatic heterocycles. The molecule has 5 aromatic carbocycles. The second kappa shape index (κ2) is 27.3. The van der Waals surface area contributed by atoms with Crippen molar-refractivity contribution in [3.63, 3.8) is 0 Å². The van der Waals surface area contributed by atoms with Gasteiger partial charge in [0.2, 0.25) is 47.5 Å². The number of carbonyl (C=O) groups is 6. The quantitative estimate of drug-likeness (QED) is 0.0843. The molecule has 30 heteroatoms. The highest BCUT2D eigenvalue weighted by Crippen LogP contribution is 2.49. The van der Waals surface area contributed by atoms with Crippen molar-refractivity contribution < 1.29 is 98.8 Å². The second-order valence-corrected chi connectivity index (χ2v) is 23.0. The lowest BCUT2D eigenvalue weighted by Crippen LogP contribution is -2.60. The number of halogens is 2. The molecule has 11 rings (SSSR count). The highest BCUT2D eigenvalue weighted by molar-refractivity contribution is 6.32. The summed E-state index contributed by atoms with van der Waals surface area (Å²) >= 11 is 13.9. The molecule has 0 saturated carbocycles. The van der Waals surface area contributed by atoms with Crippen molar-refractivity contribution in [2.75, 3.05) is 26.8 Å². The van der Waals surface area contributed by atoms with Crippen molar-refractivity contribution in [3.05, 3.63) is 117 Å². The van der Waals surface area contributed by atoms with Crippen molar-refractivity contribution in [3.8, 4) is 57.1 Å². The SMILES string of the molecule is CN[C@H](CC(C)C)C(=O)N[C@H]1C(=O)N[C@@H](CC(N)=O)C(=O)N[C@H]2CN[C@H]3C(=O)N[C@H](C(=O)N[C@H](CO)c4cc(O)cc(O)c4-c4cc3ccc4O)[C@H](O)c3ccc(c(Cl)c3)Oc3cc2cc(c3O[C@@H]2OC(CO)C(O)[C@H](O)[C@H]2O)Oc2ccc(cc2Cl)[C@H]1O. The number of nitrogens with one attached hydrogen (secondary N) is 7. The summed E-state index contributed by atoms with van der Waals surface area (Å²) in [5.74, 6) is -10.0. The van der Waals surface area contributed by atoms with E-state index in [2.05, 4.69) is 37.2 Å². The first-order chi connectivity index (χ1) is 42.3. The Morgan fingerprint density at radius 1 is 0.685 bits per heavy atom. The Balaban J connectivity index is 1.30. The molecular weight excluding hydrogens is 1210 g/mol. The number of phenolic OH excluding ortho intramolecular Hbond substituents is 3. The Labute approximate surface area is 516 Å². The molecule has 6 amide bonds. The van der Waals surface area contributed by atoms with E-state index >= 15 is 9.59 Å². The average molecular weight is 1280 g/mol. The number of rotatable bonds is 11. The number of likely N-dealkylation sites (N-methyl/N-ethyl adjacent to an activating group) is 1. The fraction of sp³-hybridized carbons (Fsp3) is 0.390. The maximum Gasteiger partial charge on any atom is 0.246 e. The van der Waals surface area contributed by atoms with Gasteiger partial charge < -0.3 is 108 Å². The van der Waals surface area contributed by atoms with Crippen molar-refractivity contribution in [1.29, 1.82) is 0 Å². The molecular formula is C59H66Cl2N8O20. The van der Waals surface area contributed by atoms with Crippen LogP contribution in [0.15, 0.2) is 78.9 Å². The predicted octanol–water partition coefficient (Wildman–Crippen LogP) is 0.250. The van der Waals surface area contributed by atoms with Gasteiger partial charge >= 0.3 is 0 Å². The van der Waals surface area contributed by atoms with Gasteiger partial charge in [0.15, 0.2) is 11.5 Å². The van der Waals surface area contributed by atoms with E-state index in [4.69, 9.17) is 47.9 Å². The number of nitrogens with two attached hydrogens (primary N) is 1. The van der Waals surface area contributed by atoms with Crippen LogP contribution >= 0.6 is 23.2 Å². The van der Waals surface area contributed by atoms with Crippen molar-refractivity contribution in [1.82, 2.24) is 37.2 Å². The van der Waals surface area contributed by atoms with Crippen LogP contribution in [0.1, 0.15) is 84.8 Å². The standard InChI is InChI=1S/C59H66Cl2N8O20/c1-22(2)10-32(63-3)54(81)68-46-48(76)24-5-8-38(30(60)12-24)86-40-14-26-15-41(53(40)89-59-52(80)51(79)50(78)42(21-71)88-59)87-39-9-6-25(13-31(39)61)49(77)47-58(85)67-35(20-70)28-16-27(72)17-37(74)44(28)29-11-23(4-7-36(29)73)45(56(83)69-47)64-19-34(26)66-55(82)33(18-43(62)75)65-57(46)84/h4-9,11-17,22,32-35,42,45-52,59,63-64,70-74,76-80H,10,18-21H2,1-3H3,(H2,62,75)(H,65,84)(H,66,82)(H,67,85)(H,68,81)(H,69,83)/t32-,33+,34+,35-,42?,45-,46-,47+,48-,49-,50?,51+,52-,59+/m1/s1. The number of aliphatic hydroxyl groups is 7. The van der Waals surface area contributed by atoms with E-state index in [0.717, 1.165) is 24.3 Å². The largest absolute Gasteiger partial charge is 0.508 e. The number of carbonyl (C=O) groups excluding carboxylic acids is 6. The van der Waals surface area contributed by atoms with E-state index in [1.165, 1.54) is 61.6 Å². The number of aromatic hydroxyl groups is 3. The van der Waals surface area contributed by atoms with Crippen LogP contribution in [0.4, 0.5) is 0 Å². The molecule has 89 heavy (non-hydrogen) atoms. The van der Waals surface area contributed by atoms with Crippen LogP contribution in [0.3, 0.4) is 0 Å². The predicted molar refractivity (Wildman–Crippen MR) is 312 cm³/mol. The monoisotopic (exact) mass is 1280 g/mol. The first kappa shape index (κ1) is 65.3. The number of benzene rings is 5. The lowest BCUT2D eigenvalue weighted by Gasteiger charge is -2.39. The summed E-state index contributed by atoms with van der Waals surface area (Å²) in [7, 11) is 1.51. The molecule has 11 bridgehead atoms. The summed E-state index contributed by atoms with van der Waals surface area (Å²) in [4.78, 5) is 86.6. The Bertz CT molecular complexity index is 3540. The summed E-state index contributed by atoms with van der Waals surface area (Å²) in [6.07, 6.45) is -14.0. The Morgan fingerprint density at radius 3 is 1.91 bits per heavy atom. The molecule has 476 valence electrons. The smallest absolute Gasteiger partial charge is 0.246 e. The van der Waals surface area contributed by atoms with E-state index < -0.39 is 181 Å². The first-order valence-electron chi connectivity index (χ1n) is 28.0. The Kier molecular flexibility index (Phi) is 20.1. The van der Waals surface area contributed by atoms with Crippen LogP contribution in [-0.4, -0.2) is 168 Å². The number of amides is 6. The molecule has 28 nitrogen and oxygen atoms in total. The first-order valence-corrected chi connectivity index (χ1v) is 28.7. The maximum absolute atomic E-state index is 15.2. The van der Waals surface area contributed by atoms with Crippen LogP contribution in [0, 0.1) is 5.92 Å². The molecule has 5 aromatic rings. The van der Waals surface area contributed by atoms with Crippen LogP contribution in [0.25, 0.3) is 11.1 Å². The van der Waals surface area contributed by atoms with Crippen LogP contribution < -0.4 is 57.2 Å². The average Bonchev–Trinajstić information content (AvgIpc) is 1.35. The van der Waals surface area contributed by atoms with Gasteiger partial charge in [0.05, 0.1) is 47.8 Å². The van der Waals surface area contributed by atoms with Crippen LogP contribution in [0.2, 0.25) is 10.0 Å². The highest BCUT2D eigenvalue weighted by atomic mass is 35.5. The third-order valence-corrected chi connectivity index (χ3v) is 16.1. The van der Waals surface area contributed by atoms with Crippen LogP contribution in [-0.2, 0) is 33.5 Å². The van der Waals surface area contributed by atoms with E-state index in [1.807, 2.05) is 13.8 Å². The minimum Gasteiger partial charge on any atom is -0.508 e. The van der Waals surface area contributed by atoms with Crippen molar-refractivity contribution >= 4 is 58.6 Å². The molecule has 0 radical (unpaired) electrons. The summed E-state index contributed by atoms with van der Waals surface area (Å²) in [5.41, 5.74) is 4.86. The highest BCUT2D eigenvalue weighted by Gasteiger charge is 2.46. The molecule has 14 atom stereocenters. The van der Waals surface area contributed by atoms with Gasteiger partial charge in [-0.2, -0.15) is 0 Å². The van der Waals surface area contributed by atoms with Gasteiger partial charge in [-0.25, -0.2) is 0 Å². The summed E-state index contributed by atoms with van der Waals surface area (Å²) < 4.78 is 25.1. The van der Waals surface area contributed by atoms with E-state index in [1.54, 1.807) is 0 Å². The van der Waals surface area contributed by atoms with Crippen molar-refractivity contribution in [2.24, 2.45) is 11.7 Å². The molecule has 6 aliphatic rings. The maximum atomic E-state index is 15.2. The molecule has 1 fully saturated rings. The Hall–Kier alpha value is -8.10. The lowest BCUT2D eigenvalue weighted by molar-refractivity contribution is -0.277. The summed E-state index contributed by atoms with van der Waals surface area (Å²) in [5, 5.41) is 130. The molecule has 0 spiro atoms. The minimum absolute atomic E-state index is 0.0367. The number of phenols is 3. The summed E-state index contributed by atoms with van der Waals surface area (Å²) in [6, 6.07) is 4.00. The fourth-order valence-corrected chi connectivity index (χ4v) is 11.3. The minimum atomic E-state index is -2.07. The molecule has 6 heterocycles. The van der Waals surface area contributed by atoms with E-state index in [9.17, 15) is 70.2 Å². The molecule has 1 saturated heterocycles. The molecule has 19 N–H and O–H groups in total.